The fourth-order valence-electron chi connectivity index (χ4n) is 1.80. The van der Waals surface area contributed by atoms with Crippen molar-refractivity contribution in [3.63, 3.8) is 0 Å². The third-order valence-corrected chi connectivity index (χ3v) is 3.00. The molecule has 4 N–H and O–H groups in total. The largest absolute Gasteiger partial charge is 0.487 e. The Labute approximate surface area is 128 Å². The summed E-state index contributed by atoms with van der Waals surface area (Å²) in [4.78, 5) is 24.3. The Morgan fingerprint density at radius 1 is 1.45 bits per heavy atom. The van der Waals surface area contributed by atoms with Crippen LogP contribution in [0.25, 0.3) is 0 Å². The summed E-state index contributed by atoms with van der Waals surface area (Å²) in [6, 6.07) is 1.16. The third-order valence-electron chi connectivity index (χ3n) is 3.00. The molecule has 124 valence electrons. The Hall–Kier alpha value is -2.06. The van der Waals surface area contributed by atoms with Gasteiger partial charge in [0, 0.05) is 19.7 Å². The molecule has 1 amide bonds. The number of unbranched alkanes of at least 4 members (excludes halogenated alkanes) is 1. The zero-order chi connectivity index (χ0) is 16.5. The van der Waals surface area contributed by atoms with Gasteiger partial charge in [0.1, 0.15) is 0 Å². The van der Waals surface area contributed by atoms with Gasteiger partial charge in [0.05, 0.1) is 25.5 Å². The first-order valence-electron chi connectivity index (χ1n) is 7.11. The second kappa shape index (κ2) is 9.06. The Balaban J connectivity index is 3.15. The second-order valence-electron chi connectivity index (χ2n) is 4.66. The van der Waals surface area contributed by atoms with Crippen LogP contribution in [-0.4, -0.2) is 42.6 Å². The zero-order valence-electron chi connectivity index (χ0n) is 12.9. The molecule has 1 aromatic heterocycles. The summed E-state index contributed by atoms with van der Waals surface area (Å²) < 4.78 is 11.3. The molecule has 0 saturated heterocycles. The number of rotatable bonds is 9. The number of nitrogen functional groups attached to an aromatic ring is 1. The number of aliphatic hydroxyl groups is 1. The number of pyridine rings is 1. The molecule has 1 heterocycles. The van der Waals surface area contributed by atoms with Gasteiger partial charge in [-0.05, 0) is 6.42 Å². The molecule has 0 aromatic carbocycles. The van der Waals surface area contributed by atoms with E-state index in [1.165, 1.54) is 7.11 Å². The number of methoxy groups -OCH3 is 1. The predicted octanol–water partition coefficient (Wildman–Crippen LogP) is -0.390. The van der Waals surface area contributed by atoms with Gasteiger partial charge in [-0.2, -0.15) is 0 Å². The maximum Gasteiger partial charge on any atom is 0.273 e. The third kappa shape index (κ3) is 4.47. The highest BCUT2D eigenvalue weighted by atomic mass is 16.5. The SMILES string of the molecule is CCCCOc1c(C(=O)NCCOC)n(N)c(CO)cc1=O. The average Bonchev–Trinajstić information content (AvgIpc) is 2.50. The van der Waals surface area contributed by atoms with Gasteiger partial charge >= 0.3 is 0 Å². The van der Waals surface area contributed by atoms with E-state index in [9.17, 15) is 14.7 Å². The number of hydrogen-bond donors (Lipinski definition) is 3. The van der Waals surface area contributed by atoms with Crippen molar-refractivity contribution in [2.24, 2.45) is 0 Å². The van der Waals surface area contributed by atoms with Crippen LogP contribution in [0.15, 0.2) is 10.9 Å². The van der Waals surface area contributed by atoms with E-state index in [4.69, 9.17) is 15.3 Å². The maximum absolute atomic E-state index is 12.2. The van der Waals surface area contributed by atoms with Crippen molar-refractivity contribution in [2.45, 2.75) is 26.4 Å². The number of aliphatic hydroxyl groups excluding tert-OH is 1. The minimum absolute atomic E-state index is 0.108. The minimum atomic E-state index is -0.557. The lowest BCUT2D eigenvalue weighted by Crippen LogP contribution is -2.35. The van der Waals surface area contributed by atoms with Gasteiger partial charge in [0.15, 0.2) is 11.4 Å². The molecular weight excluding hydrogens is 290 g/mol. The van der Waals surface area contributed by atoms with Gasteiger partial charge in [-0.3, -0.25) is 14.3 Å². The van der Waals surface area contributed by atoms with Gasteiger partial charge in [0.2, 0.25) is 5.43 Å². The molecule has 0 fully saturated rings. The number of nitrogens with two attached hydrogens (primary N) is 1. The molecule has 0 aliphatic carbocycles. The highest BCUT2D eigenvalue weighted by Gasteiger charge is 2.21. The highest BCUT2D eigenvalue weighted by molar-refractivity contribution is 5.95. The van der Waals surface area contributed by atoms with Crippen LogP contribution < -0.4 is 21.3 Å². The molecule has 0 spiro atoms. The highest BCUT2D eigenvalue weighted by Crippen LogP contribution is 2.14. The van der Waals surface area contributed by atoms with E-state index in [2.05, 4.69) is 5.32 Å². The number of carbonyl (C=O) groups is 1. The van der Waals surface area contributed by atoms with E-state index < -0.39 is 17.9 Å². The van der Waals surface area contributed by atoms with E-state index in [1.807, 2.05) is 6.92 Å². The van der Waals surface area contributed by atoms with Gasteiger partial charge in [0.25, 0.3) is 5.91 Å². The zero-order valence-corrected chi connectivity index (χ0v) is 12.9. The molecule has 8 heteroatoms. The van der Waals surface area contributed by atoms with E-state index in [0.29, 0.717) is 13.2 Å². The summed E-state index contributed by atoms with van der Waals surface area (Å²) >= 11 is 0. The molecule has 1 rings (SSSR count). The van der Waals surface area contributed by atoms with Crippen molar-refractivity contribution < 1.29 is 19.4 Å². The van der Waals surface area contributed by atoms with Crippen LogP contribution in [0.1, 0.15) is 35.9 Å². The Morgan fingerprint density at radius 3 is 2.77 bits per heavy atom. The van der Waals surface area contributed by atoms with Crippen LogP contribution in [0.2, 0.25) is 0 Å². The molecule has 0 saturated carbocycles. The van der Waals surface area contributed by atoms with Crippen LogP contribution in [0.4, 0.5) is 0 Å². The molecule has 1 aromatic rings. The molecule has 0 unspecified atom stereocenters. The van der Waals surface area contributed by atoms with Gasteiger partial charge < -0.3 is 25.7 Å². The van der Waals surface area contributed by atoms with Gasteiger partial charge in [-0.1, -0.05) is 13.3 Å². The van der Waals surface area contributed by atoms with Crippen LogP contribution in [0.5, 0.6) is 5.75 Å². The lowest BCUT2D eigenvalue weighted by molar-refractivity contribution is 0.0922. The Morgan fingerprint density at radius 2 is 2.18 bits per heavy atom. The topological polar surface area (TPSA) is 116 Å². The first-order valence-corrected chi connectivity index (χ1v) is 7.11. The smallest absolute Gasteiger partial charge is 0.273 e. The molecule has 0 radical (unpaired) electrons. The number of carbonyl (C=O) groups excluding carboxylic acids is 1. The summed E-state index contributed by atoms with van der Waals surface area (Å²) in [5.74, 6) is 5.15. The second-order valence-corrected chi connectivity index (χ2v) is 4.66. The molecule has 0 aliphatic rings. The molecule has 0 aliphatic heterocycles. The van der Waals surface area contributed by atoms with Crippen LogP contribution >= 0.6 is 0 Å². The molecule has 8 nitrogen and oxygen atoms in total. The first kappa shape index (κ1) is 18.0. The quantitative estimate of drug-likeness (QED) is 0.422. The number of ether oxygens (including phenoxy) is 2. The minimum Gasteiger partial charge on any atom is -0.487 e. The Kier molecular flexibility index (Phi) is 7.41. The maximum atomic E-state index is 12.2. The standard InChI is InChI=1S/C14H23N3O5/c1-3-4-6-22-13-11(19)8-10(9-18)17(15)12(13)14(20)16-5-7-21-2/h8,18H,3-7,9,15H2,1-2H3,(H,16,20). The van der Waals surface area contributed by atoms with Crippen molar-refractivity contribution in [2.75, 3.05) is 32.7 Å². The Bertz CT molecular complexity index is 556. The lowest BCUT2D eigenvalue weighted by atomic mass is 10.2. The fraction of sp³-hybridized carbons (Fsp3) is 0.571. The number of hydrogen-bond acceptors (Lipinski definition) is 6. The van der Waals surface area contributed by atoms with Crippen molar-refractivity contribution in [3.05, 3.63) is 27.7 Å². The fourth-order valence-corrected chi connectivity index (χ4v) is 1.80. The van der Waals surface area contributed by atoms with E-state index in [0.717, 1.165) is 23.6 Å². The van der Waals surface area contributed by atoms with E-state index >= 15 is 0 Å². The van der Waals surface area contributed by atoms with Crippen molar-refractivity contribution in [1.29, 1.82) is 0 Å². The first-order chi connectivity index (χ1) is 10.6. The van der Waals surface area contributed by atoms with Gasteiger partial charge in [-0.25, -0.2) is 0 Å². The normalized spacial score (nSPS) is 10.5. The van der Waals surface area contributed by atoms with E-state index in [1.54, 1.807) is 0 Å². The van der Waals surface area contributed by atoms with Crippen LogP contribution in [0.3, 0.4) is 0 Å². The predicted molar refractivity (Wildman–Crippen MR) is 81.4 cm³/mol. The monoisotopic (exact) mass is 313 g/mol. The molecule has 0 bridgehead atoms. The van der Waals surface area contributed by atoms with E-state index in [-0.39, 0.29) is 23.7 Å². The number of nitrogens with zero attached hydrogens (tertiary/aromatic N) is 1. The molecular formula is C14H23N3O5. The molecule has 0 atom stereocenters. The van der Waals surface area contributed by atoms with Crippen LogP contribution in [-0.2, 0) is 11.3 Å². The summed E-state index contributed by atoms with van der Waals surface area (Å²) in [5, 5.41) is 11.8. The van der Waals surface area contributed by atoms with Crippen LogP contribution in [0, 0.1) is 0 Å². The summed E-state index contributed by atoms with van der Waals surface area (Å²) in [7, 11) is 1.51. The van der Waals surface area contributed by atoms with Crippen molar-refractivity contribution in [3.8, 4) is 5.75 Å². The van der Waals surface area contributed by atoms with Crippen molar-refractivity contribution >= 4 is 5.91 Å². The van der Waals surface area contributed by atoms with Gasteiger partial charge in [-0.15, -0.1) is 0 Å². The summed E-state index contributed by atoms with van der Waals surface area (Å²) in [6.45, 7) is 2.42. The number of aromatic nitrogens is 1. The average molecular weight is 313 g/mol. The lowest BCUT2D eigenvalue weighted by Gasteiger charge is -2.16. The number of nitrogens with one attached hydrogen (secondary N) is 1. The summed E-state index contributed by atoms with van der Waals surface area (Å²) in [6.07, 6.45) is 1.64. The number of amides is 1. The molecule has 22 heavy (non-hydrogen) atoms. The van der Waals surface area contributed by atoms with Crippen molar-refractivity contribution in [1.82, 2.24) is 9.99 Å². The summed E-state index contributed by atoms with van der Waals surface area (Å²) in [5.41, 5.74) is -0.466.